The van der Waals surface area contributed by atoms with Gasteiger partial charge in [-0.1, -0.05) is 24.3 Å². The summed E-state index contributed by atoms with van der Waals surface area (Å²) in [4.78, 5) is 43.3. The minimum atomic E-state index is -0.450. The lowest BCUT2D eigenvalue weighted by Crippen LogP contribution is -2.38. The van der Waals surface area contributed by atoms with Crippen molar-refractivity contribution in [2.45, 2.75) is 13.0 Å². The maximum Gasteiger partial charge on any atom is 0.332 e. The van der Waals surface area contributed by atoms with E-state index in [2.05, 4.69) is 11.1 Å². The summed E-state index contributed by atoms with van der Waals surface area (Å²) in [6.45, 7) is 1.16. The smallest absolute Gasteiger partial charge is 0.332 e. The first-order valence-electron chi connectivity index (χ1n) is 8.39. The van der Waals surface area contributed by atoms with E-state index in [0.717, 1.165) is 16.6 Å². The molecule has 4 rings (SSSR count). The zero-order valence-corrected chi connectivity index (χ0v) is 14.6. The van der Waals surface area contributed by atoms with Crippen molar-refractivity contribution in [2.24, 2.45) is 14.1 Å². The molecule has 0 N–H and O–H groups in total. The average molecular weight is 350 g/mol. The maximum absolute atomic E-state index is 12.9. The van der Waals surface area contributed by atoms with Gasteiger partial charge in [-0.15, -0.1) is 0 Å². The number of nitrogens with zero attached hydrogens (tertiary/aromatic N) is 4. The van der Waals surface area contributed by atoms with Gasteiger partial charge in [-0.2, -0.15) is 0 Å². The Morgan fingerprint density at radius 3 is 2.58 bits per heavy atom. The zero-order valence-electron chi connectivity index (χ0n) is 14.6. The van der Waals surface area contributed by atoms with Crippen molar-refractivity contribution in [1.82, 2.24) is 19.0 Å². The van der Waals surface area contributed by atoms with Gasteiger partial charge in [0.2, 0.25) is 0 Å². The Hall–Kier alpha value is -3.22. The molecule has 26 heavy (non-hydrogen) atoms. The van der Waals surface area contributed by atoms with Crippen LogP contribution in [0.2, 0.25) is 0 Å². The second kappa shape index (κ2) is 5.94. The molecule has 0 radical (unpaired) electrons. The predicted molar refractivity (Wildman–Crippen MR) is 97.1 cm³/mol. The number of rotatable bonds is 1. The third-order valence-electron chi connectivity index (χ3n) is 4.96. The summed E-state index contributed by atoms with van der Waals surface area (Å²) < 4.78 is 2.33. The summed E-state index contributed by atoms with van der Waals surface area (Å²) in [7, 11) is 2.97. The molecular weight excluding hydrogens is 332 g/mol. The summed E-state index contributed by atoms with van der Waals surface area (Å²) in [6.07, 6.45) is 2.24. The molecule has 3 heterocycles. The first-order valence-corrected chi connectivity index (χ1v) is 8.39. The molecule has 1 amide bonds. The Bertz CT molecular complexity index is 1160. The Morgan fingerprint density at radius 1 is 1.08 bits per heavy atom. The molecule has 3 aromatic rings. The molecule has 0 saturated carbocycles. The van der Waals surface area contributed by atoms with E-state index >= 15 is 0 Å². The highest BCUT2D eigenvalue weighted by atomic mass is 16.2. The van der Waals surface area contributed by atoms with E-state index in [1.165, 1.54) is 29.4 Å². The Labute approximate surface area is 149 Å². The van der Waals surface area contributed by atoms with Crippen molar-refractivity contribution in [3.63, 3.8) is 0 Å². The lowest BCUT2D eigenvalue weighted by atomic mass is 9.99. The van der Waals surface area contributed by atoms with Gasteiger partial charge < -0.3 is 4.90 Å². The number of carbonyl (C=O) groups is 1. The van der Waals surface area contributed by atoms with Crippen LogP contribution in [0.5, 0.6) is 0 Å². The highest BCUT2D eigenvalue weighted by Gasteiger charge is 2.22. The van der Waals surface area contributed by atoms with Crippen molar-refractivity contribution < 1.29 is 4.79 Å². The molecule has 0 atom stereocenters. The largest absolute Gasteiger partial charge is 0.334 e. The molecule has 0 fully saturated rings. The van der Waals surface area contributed by atoms with Crippen molar-refractivity contribution in [1.29, 1.82) is 0 Å². The fourth-order valence-electron chi connectivity index (χ4n) is 3.43. The minimum absolute atomic E-state index is 0.162. The Balaban J connectivity index is 1.75. The standard InChI is InChI=1S/C19H18N4O3/c1-21-16-15(18(25)22(2)19(21)26)9-14(10-20-16)17(24)23-8-7-12-5-3-4-6-13(12)11-23/h3-6,9-10H,7-8,11H2,1-2H3. The predicted octanol–water partition coefficient (Wildman–Crippen LogP) is 0.831. The van der Waals surface area contributed by atoms with Gasteiger partial charge in [0.1, 0.15) is 5.65 Å². The molecule has 0 unspecified atom stereocenters. The Morgan fingerprint density at radius 2 is 1.81 bits per heavy atom. The lowest BCUT2D eigenvalue weighted by Gasteiger charge is -2.28. The molecule has 1 aliphatic heterocycles. The van der Waals surface area contributed by atoms with Gasteiger partial charge in [-0.05, 0) is 23.6 Å². The first kappa shape index (κ1) is 16.3. The molecule has 2 aromatic heterocycles. The minimum Gasteiger partial charge on any atom is -0.334 e. The van der Waals surface area contributed by atoms with Gasteiger partial charge in [0, 0.05) is 33.4 Å². The lowest BCUT2D eigenvalue weighted by molar-refractivity contribution is 0.0734. The highest BCUT2D eigenvalue weighted by Crippen LogP contribution is 2.20. The average Bonchev–Trinajstić information content (AvgIpc) is 2.69. The summed E-state index contributed by atoms with van der Waals surface area (Å²) >= 11 is 0. The van der Waals surface area contributed by atoms with Crippen LogP contribution in [0.4, 0.5) is 0 Å². The highest BCUT2D eigenvalue weighted by molar-refractivity contribution is 5.96. The summed E-state index contributed by atoms with van der Waals surface area (Å²) in [6, 6.07) is 9.61. The molecule has 7 heteroatoms. The van der Waals surface area contributed by atoms with Gasteiger partial charge in [0.05, 0.1) is 10.9 Å². The first-order chi connectivity index (χ1) is 12.5. The monoisotopic (exact) mass is 350 g/mol. The third-order valence-corrected chi connectivity index (χ3v) is 4.96. The third kappa shape index (κ3) is 2.44. The molecule has 1 aliphatic rings. The number of benzene rings is 1. The summed E-state index contributed by atoms with van der Waals surface area (Å²) in [5.41, 5.74) is 2.14. The number of amides is 1. The van der Waals surface area contributed by atoms with Crippen molar-refractivity contribution in [2.75, 3.05) is 6.54 Å². The molecule has 1 aromatic carbocycles. The molecule has 132 valence electrons. The normalized spacial score (nSPS) is 13.7. The van der Waals surface area contributed by atoms with E-state index in [1.54, 1.807) is 11.9 Å². The Kier molecular flexibility index (Phi) is 3.72. The number of hydrogen-bond donors (Lipinski definition) is 0. The quantitative estimate of drug-likeness (QED) is 0.651. The van der Waals surface area contributed by atoms with Crippen LogP contribution in [-0.2, 0) is 27.1 Å². The summed E-state index contributed by atoms with van der Waals surface area (Å²) in [5.74, 6) is -0.162. The molecule has 0 spiro atoms. The second-order valence-corrected chi connectivity index (χ2v) is 6.55. The van der Waals surface area contributed by atoms with Crippen LogP contribution in [-0.4, -0.2) is 31.5 Å². The van der Waals surface area contributed by atoms with Crippen LogP contribution in [0.25, 0.3) is 11.0 Å². The van der Waals surface area contributed by atoms with Gasteiger partial charge in [0.15, 0.2) is 0 Å². The number of hydrogen-bond acceptors (Lipinski definition) is 4. The van der Waals surface area contributed by atoms with E-state index in [-0.39, 0.29) is 16.9 Å². The van der Waals surface area contributed by atoms with Gasteiger partial charge in [0.25, 0.3) is 11.5 Å². The van der Waals surface area contributed by atoms with E-state index in [0.29, 0.717) is 18.7 Å². The fourth-order valence-corrected chi connectivity index (χ4v) is 3.43. The van der Waals surface area contributed by atoms with E-state index in [4.69, 9.17) is 0 Å². The maximum atomic E-state index is 12.9. The van der Waals surface area contributed by atoms with Crippen LogP contribution in [0.1, 0.15) is 21.5 Å². The zero-order chi connectivity index (χ0) is 18.4. The van der Waals surface area contributed by atoms with Crippen LogP contribution < -0.4 is 11.2 Å². The van der Waals surface area contributed by atoms with Gasteiger partial charge in [-0.3, -0.25) is 18.7 Å². The number of carbonyl (C=O) groups excluding carboxylic acids is 1. The van der Waals surface area contributed by atoms with Crippen LogP contribution in [0.3, 0.4) is 0 Å². The van der Waals surface area contributed by atoms with Crippen molar-refractivity contribution in [3.05, 3.63) is 74.1 Å². The van der Waals surface area contributed by atoms with Crippen LogP contribution >= 0.6 is 0 Å². The number of aromatic nitrogens is 3. The SMILES string of the molecule is Cn1c(=O)c2cc(C(=O)N3CCc4ccccc4C3)cnc2n(C)c1=O. The fraction of sp³-hybridized carbons (Fsp3) is 0.263. The van der Waals surface area contributed by atoms with Crippen LogP contribution in [0, 0.1) is 0 Å². The second-order valence-electron chi connectivity index (χ2n) is 6.55. The molecule has 0 saturated heterocycles. The molecule has 0 bridgehead atoms. The van der Waals surface area contributed by atoms with E-state index in [9.17, 15) is 14.4 Å². The number of aryl methyl sites for hydroxylation is 1. The van der Waals surface area contributed by atoms with Crippen LogP contribution in [0.15, 0.2) is 46.1 Å². The van der Waals surface area contributed by atoms with E-state index in [1.807, 2.05) is 18.2 Å². The molecular formula is C19H18N4O3. The van der Waals surface area contributed by atoms with Crippen molar-refractivity contribution >= 4 is 16.9 Å². The number of fused-ring (bicyclic) bond motifs is 2. The van der Waals surface area contributed by atoms with Gasteiger partial charge in [-0.25, -0.2) is 9.78 Å². The molecule has 7 nitrogen and oxygen atoms in total. The van der Waals surface area contributed by atoms with Gasteiger partial charge >= 0.3 is 5.69 Å². The topological polar surface area (TPSA) is 77.2 Å². The van der Waals surface area contributed by atoms with E-state index < -0.39 is 11.2 Å². The van der Waals surface area contributed by atoms with Crippen molar-refractivity contribution in [3.8, 4) is 0 Å². The molecule has 0 aliphatic carbocycles. The summed E-state index contributed by atoms with van der Waals surface area (Å²) in [5, 5.41) is 0.262. The number of pyridine rings is 1.